The molecule has 1 aliphatic rings. The minimum absolute atomic E-state index is 0.106. The molecule has 3 aromatic carbocycles. The van der Waals surface area contributed by atoms with E-state index in [2.05, 4.69) is 21.2 Å². The van der Waals surface area contributed by atoms with Gasteiger partial charge in [0.15, 0.2) is 0 Å². The first-order valence-electron chi connectivity index (χ1n) is 14.6. The van der Waals surface area contributed by atoms with Crippen LogP contribution in [0, 0.1) is 0 Å². The largest absolute Gasteiger partial charge is 0.352 e. The molecular formula is C33H40BrN3O4S. The van der Waals surface area contributed by atoms with E-state index < -0.39 is 16.1 Å². The first kappa shape index (κ1) is 31.8. The normalized spacial score (nSPS) is 14.6. The van der Waals surface area contributed by atoms with Gasteiger partial charge in [-0.15, -0.1) is 0 Å². The Morgan fingerprint density at radius 1 is 0.905 bits per heavy atom. The van der Waals surface area contributed by atoms with E-state index >= 15 is 0 Å². The first-order chi connectivity index (χ1) is 20.2. The number of hydrogen-bond donors (Lipinski definition) is 1. The van der Waals surface area contributed by atoms with E-state index in [1.807, 2.05) is 60.7 Å². The lowest BCUT2D eigenvalue weighted by Gasteiger charge is -2.34. The lowest BCUT2D eigenvalue weighted by atomic mass is 9.94. The van der Waals surface area contributed by atoms with Crippen LogP contribution in [-0.4, -0.2) is 50.0 Å². The Balaban J connectivity index is 1.58. The summed E-state index contributed by atoms with van der Waals surface area (Å²) in [4.78, 5) is 29.6. The summed E-state index contributed by atoms with van der Waals surface area (Å²) in [6.07, 6.45) is 7.24. The minimum Gasteiger partial charge on any atom is -0.352 e. The maximum Gasteiger partial charge on any atom is 0.243 e. The summed E-state index contributed by atoms with van der Waals surface area (Å²) < 4.78 is 27.4. The molecule has 0 spiro atoms. The number of amides is 2. The Hall–Kier alpha value is -3.17. The van der Waals surface area contributed by atoms with Crippen LogP contribution < -0.4 is 9.62 Å². The first-order valence-corrected chi connectivity index (χ1v) is 17.3. The van der Waals surface area contributed by atoms with Crippen molar-refractivity contribution in [3.8, 4) is 0 Å². The van der Waals surface area contributed by atoms with Gasteiger partial charge in [0.1, 0.15) is 6.04 Å². The lowest BCUT2D eigenvalue weighted by molar-refractivity contribution is -0.141. The summed E-state index contributed by atoms with van der Waals surface area (Å²) in [5.41, 5.74) is 2.44. The second kappa shape index (κ2) is 15.3. The zero-order valence-electron chi connectivity index (χ0n) is 24.1. The number of benzene rings is 3. The highest BCUT2D eigenvalue weighted by Crippen LogP contribution is 2.22. The Bertz CT molecular complexity index is 1410. The van der Waals surface area contributed by atoms with Gasteiger partial charge in [0.05, 0.1) is 11.9 Å². The van der Waals surface area contributed by atoms with Crippen molar-refractivity contribution in [2.75, 3.05) is 17.1 Å². The summed E-state index contributed by atoms with van der Waals surface area (Å²) in [7, 11) is -3.54. The van der Waals surface area contributed by atoms with Gasteiger partial charge in [0.2, 0.25) is 21.8 Å². The standard InChI is InChI=1S/C33H40BrN3O4S/c1-42(40,41)37(30-19-9-4-10-20-30)22-12-21-32(38)36(25-27-15-11-16-28(34)23-27)31(24-26-13-5-2-6-14-26)33(39)35-29-17-7-3-8-18-29/h2,4-6,9-11,13-16,19-20,23,29,31H,3,7-8,12,17-18,21-22,24-25H2,1H3,(H,35,39). The predicted octanol–water partition coefficient (Wildman–Crippen LogP) is 6.08. The van der Waals surface area contributed by atoms with Crippen LogP contribution in [0.2, 0.25) is 0 Å². The van der Waals surface area contributed by atoms with Crippen LogP contribution in [0.4, 0.5) is 5.69 Å². The van der Waals surface area contributed by atoms with Crippen molar-refractivity contribution in [2.24, 2.45) is 0 Å². The van der Waals surface area contributed by atoms with Crippen LogP contribution in [0.15, 0.2) is 89.4 Å². The topological polar surface area (TPSA) is 86.8 Å². The molecule has 0 aromatic heterocycles. The third-order valence-corrected chi connectivity index (χ3v) is 9.35. The molecule has 2 amide bonds. The predicted molar refractivity (Wildman–Crippen MR) is 172 cm³/mol. The summed E-state index contributed by atoms with van der Waals surface area (Å²) in [6, 6.07) is 25.8. The van der Waals surface area contributed by atoms with Gasteiger partial charge >= 0.3 is 0 Å². The summed E-state index contributed by atoms with van der Waals surface area (Å²) in [5, 5.41) is 3.26. The molecule has 1 N–H and O–H groups in total. The van der Waals surface area contributed by atoms with Crippen molar-refractivity contribution < 1.29 is 18.0 Å². The molecule has 0 bridgehead atoms. The second-order valence-electron chi connectivity index (χ2n) is 11.0. The van der Waals surface area contributed by atoms with E-state index in [1.165, 1.54) is 17.0 Å². The van der Waals surface area contributed by atoms with Gasteiger partial charge in [0.25, 0.3) is 0 Å². The van der Waals surface area contributed by atoms with Gasteiger partial charge in [0, 0.05) is 36.4 Å². The monoisotopic (exact) mass is 653 g/mol. The molecule has 1 fully saturated rings. The molecule has 7 nitrogen and oxygen atoms in total. The number of para-hydroxylation sites is 1. The fraction of sp³-hybridized carbons (Fsp3) is 0.394. The van der Waals surface area contributed by atoms with Gasteiger partial charge in [-0.2, -0.15) is 0 Å². The molecule has 4 rings (SSSR count). The van der Waals surface area contributed by atoms with E-state index in [4.69, 9.17) is 0 Å². The fourth-order valence-corrected chi connectivity index (χ4v) is 6.94. The SMILES string of the molecule is CS(=O)(=O)N(CCCC(=O)N(Cc1cccc(Br)c1)C(Cc1ccccc1)C(=O)NC1CCCCC1)c1ccccc1. The molecule has 3 aromatic rings. The quantitative estimate of drug-likeness (QED) is 0.242. The fourth-order valence-electron chi connectivity index (χ4n) is 5.53. The highest BCUT2D eigenvalue weighted by atomic mass is 79.9. The van der Waals surface area contributed by atoms with Gasteiger partial charge < -0.3 is 10.2 Å². The molecule has 1 atom stereocenters. The number of halogens is 1. The highest BCUT2D eigenvalue weighted by molar-refractivity contribution is 9.10. The Kier molecular flexibility index (Phi) is 11.6. The van der Waals surface area contributed by atoms with Crippen molar-refractivity contribution in [2.45, 2.75) is 70.0 Å². The minimum atomic E-state index is -3.54. The smallest absolute Gasteiger partial charge is 0.243 e. The number of nitrogens with one attached hydrogen (secondary N) is 1. The number of nitrogens with zero attached hydrogens (tertiary/aromatic N) is 2. The Morgan fingerprint density at radius 2 is 1.55 bits per heavy atom. The zero-order chi connectivity index (χ0) is 30.0. The lowest BCUT2D eigenvalue weighted by Crippen LogP contribution is -2.52. The van der Waals surface area contributed by atoms with E-state index in [9.17, 15) is 18.0 Å². The van der Waals surface area contributed by atoms with Gasteiger partial charge in [-0.25, -0.2) is 8.42 Å². The van der Waals surface area contributed by atoms with Crippen LogP contribution in [0.1, 0.15) is 56.1 Å². The van der Waals surface area contributed by atoms with E-state index in [1.54, 1.807) is 29.2 Å². The summed E-state index contributed by atoms with van der Waals surface area (Å²) in [5.74, 6) is -0.327. The van der Waals surface area contributed by atoms with E-state index in [0.29, 0.717) is 18.5 Å². The van der Waals surface area contributed by atoms with Crippen molar-refractivity contribution in [1.82, 2.24) is 10.2 Å². The molecule has 1 saturated carbocycles. The number of rotatable bonds is 13. The van der Waals surface area contributed by atoms with Crippen molar-refractivity contribution >= 4 is 43.5 Å². The molecular weight excluding hydrogens is 614 g/mol. The zero-order valence-corrected chi connectivity index (χ0v) is 26.5. The number of sulfonamides is 1. The molecule has 9 heteroatoms. The van der Waals surface area contributed by atoms with Gasteiger partial charge in [-0.1, -0.05) is 95.9 Å². The molecule has 0 heterocycles. The summed E-state index contributed by atoms with van der Waals surface area (Å²) in [6.45, 7) is 0.430. The van der Waals surface area contributed by atoms with Crippen molar-refractivity contribution in [3.05, 3.63) is 101 Å². The molecule has 1 aliphatic carbocycles. The van der Waals surface area contributed by atoms with Crippen molar-refractivity contribution in [3.63, 3.8) is 0 Å². The maximum atomic E-state index is 14.0. The molecule has 224 valence electrons. The van der Waals surface area contributed by atoms with Gasteiger partial charge in [-0.05, 0) is 54.7 Å². The average Bonchev–Trinajstić information content (AvgIpc) is 2.98. The van der Waals surface area contributed by atoms with Crippen LogP contribution in [0.3, 0.4) is 0 Å². The van der Waals surface area contributed by atoms with Crippen molar-refractivity contribution in [1.29, 1.82) is 0 Å². The van der Waals surface area contributed by atoms with Crippen LogP contribution in [-0.2, 0) is 32.6 Å². The molecule has 1 unspecified atom stereocenters. The number of hydrogen-bond acceptors (Lipinski definition) is 4. The summed E-state index contributed by atoms with van der Waals surface area (Å²) >= 11 is 3.53. The molecule has 0 saturated heterocycles. The number of carbonyl (C=O) groups excluding carboxylic acids is 2. The highest BCUT2D eigenvalue weighted by Gasteiger charge is 2.32. The Morgan fingerprint density at radius 3 is 2.19 bits per heavy atom. The van der Waals surface area contributed by atoms with E-state index in [-0.39, 0.29) is 37.4 Å². The van der Waals surface area contributed by atoms with Crippen LogP contribution in [0.5, 0.6) is 0 Å². The molecule has 0 aliphatic heterocycles. The number of carbonyl (C=O) groups is 2. The molecule has 42 heavy (non-hydrogen) atoms. The maximum absolute atomic E-state index is 14.0. The van der Waals surface area contributed by atoms with Crippen LogP contribution >= 0.6 is 15.9 Å². The average molecular weight is 655 g/mol. The third-order valence-electron chi connectivity index (χ3n) is 7.66. The Labute approximate surface area is 258 Å². The number of anilines is 1. The van der Waals surface area contributed by atoms with E-state index in [0.717, 1.165) is 41.3 Å². The second-order valence-corrected chi connectivity index (χ2v) is 13.8. The van der Waals surface area contributed by atoms with Crippen LogP contribution in [0.25, 0.3) is 0 Å². The third kappa shape index (κ3) is 9.42. The molecule has 0 radical (unpaired) electrons. The van der Waals surface area contributed by atoms with Gasteiger partial charge in [-0.3, -0.25) is 13.9 Å².